The molecule has 0 radical (unpaired) electrons. The van der Waals surface area contributed by atoms with E-state index in [0.29, 0.717) is 28.3 Å². The maximum absolute atomic E-state index is 12.9. The third-order valence-electron chi connectivity index (χ3n) is 4.43. The predicted molar refractivity (Wildman–Crippen MR) is 108 cm³/mol. The van der Waals surface area contributed by atoms with Crippen LogP contribution in [0.2, 0.25) is 0 Å². The number of amides is 1. The number of nitrogens with zero attached hydrogens (tertiary/aromatic N) is 4. The zero-order valence-corrected chi connectivity index (χ0v) is 16.8. The van der Waals surface area contributed by atoms with Gasteiger partial charge in [0.25, 0.3) is 5.56 Å². The fraction of sp³-hybridized carbons (Fsp3) is 0.400. The Morgan fingerprint density at radius 3 is 2.71 bits per heavy atom. The summed E-state index contributed by atoms with van der Waals surface area (Å²) in [4.78, 5) is 29.7. The molecule has 8 nitrogen and oxygen atoms in total. The molecule has 0 saturated carbocycles. The quantitative estimate of drug-likeness (QED) is 0.731. The van der Waals surface area contributed by atoms with Gasteiger partial charge in [-0.1, -0.05) is 6.07 Å². The number of carbonyl (C=O) groups is 1. The molecule has 8 heteroatoms. The van der Waals surface area contributed by atoms with E-state index >= 15 is 0 Å². The van der Waals surface area contributed by atoms with Crippen molar-refractivity contribution < 1.29 is 9.53 Å². The minimum Gasteiger partial charge on any atom is -0.497 e. The van der Waals surface area contributed by atoms with E-state index in [0.717, 1.165) is 0 Å². The lowest BCUT2D eigenvalue weighted by Crippen LogP contribution is -2.28. The Kier molecular flexibility index (Phi) is 5.22. The molecule has 3 aromatic rings. The van der Waals surface area contributed by atoms with Crippen LogP contribution in [0.5, 0.6) is 5.75 Å². The molecule has 148 valence electrons. The van der Waals surface area contributed by atoms with Gasteiger partial charge >= 0.3 is 0 Å². The molecule has 2 aromatic heterocycles. The van der Waals surface area contributed by atoms with Crippen molar-refractivity contribution in [3.8, 4) is 5.75 Å². The van der Waals surface area contributed by atoms with E-state index in [1.165, 1.54) is 4.57 Å². The molecule has 0 saturated heterocycles. The SMILES string of the molecule is COc1cccc(NC(=O)CCn2c(C)nc3c(cnn3C(C)(C)C)c2=O)c1. The van der Waals surface area contributed by atoms with Crippen molar-refractivity contribution in [1.82, 2.24) is 19.3 Å². The van der Waals surface area contributed by atoms with Gasteiger partial charge < -0.3 is 10.1 Å². The Labute approximate surface area is 163 Å². The first-order valence-electron chi connectivity index (χ1n) is 9.10. The topological polar surface area (TPSA) is 91.0 Å². The van der Waals surface area contributed by atoms with Crippen LogP contribution in [0.15, 0.2) is 35.3 Å². The minimum atomic E-state index is -0.281. The van der Waals surface area contributed by atoms with Crippen molar-refractivity contribution in [3.05, 3.63) is 46.6 Å². The summed E-state index contributed by atoms with van der Waals surface area (Å²) in [6, 6.07) is 7.13. The van der Waals surface area contributed by atoms with Crippen LogP contribution in [0.3, 0.4) is 0 Å². The summed E-state index contributed by atoms with van der Waals surface area (Å²) in [6.07, 6.45) is 1.70. The Morgan fingerprint density at radius 1 is 1.29 bits per heavy atom. The second kappa shape index (κ2) is 7.46. The molecule has 0 atom stereocenters. The average molecular weight is 383 g/mol. The number of ether oxygens (including phenoxy) is 1. The molecule has 0 fully saturated rings. The number of aromatic nitrogens is 4. The van der Waals surface area contributed by atoms with Crippen LogP contribution in [-0.2, 0) is 16.9 Å². The highest BCUT2D eigenvalue weighted by atomic mass is 16.5. The van der Waals surface area contributed by atoms with Crippen LogP contribution < -0.4 is 15.6 Å². The van der Waals surface area contributed by atoms with Crippen LogP contribution >= 0.6 is 0 Å². The van der Waals surface area contributed by atoms with Crippen LogP contribution in [0.4, 0.5) is 5.69 Å². The summed E-state index contributed by atoms with van der Waals surface area (Å²) in [7, 11) is 1.57. The molecule has 0 aliphatic heterocycles. The molecule has 1 amide bonds. The largest absolute Gasteiger partial charge is 0.497 e. The number of methoxy groups -OCH3 is 1. The molecule has 1 N–H and O–H groups in total. The number of carbonyl (C=O) groups excluding carboxylic acids is 1. The van der Waals surface area contributed by atoms with Crippen molar-refractivity contribution in [2.75, 3.05) is 12.4 Å². The first-order chi connectivity index (χ1) is 13.2. The summed E-state index contributed by atoms with van der Waals surface area (Å²) in [5.74, 6) is 1.03. The Morgan fingerprint density at radius 2 is 2.04 bits per heavy atom. The van der Waals surface area contributed by atoms with Crippen molar-refractivity contribution in [3.63, 3.8) is 0 Å². The minimum absolute atomic E-state index is 0.151. The van der Waals surface area contributed by atoms with Crippen LogP contribution in [0.1, 0.15) is 33.0 Å². The lowest BCUT2D eigenvalue weighted by atomic mass is 10.1. The van der Waals surface area contributed by atoms with Gasteiger partial charge in [0.2, 0.25) is 5.91 Å². The molecule has 0 aliphatic rings. The highest BCUT2D eigenvalue weighted by Crippen LogP contribution is 2.19. The molecular formula is C20H25N5O3. The third kappa shape index (κ3) is 3.90. The average Bonchev–Trinajstić information content (AvgIpc) is 3.06. The van der Waals surface area contributed by atoms with Gasteiger partial charge in [0, 0.05) is 24.7 Å². The van der Waals surface area contributed by atoms with Gasteiger partial charge in [-0.15, -0.1) is 0 Å². The van der Waals surface area contributed by atoms with Gasteiger partial charge in [-0.05, 0) is 39.8 Å². The number of hydrogen-bond acceptors (Lipinski definition) is 5. The van der Waals surface area contributed by atoms with Crippen molar-refractivity contribution >= 4 is 22.6 Å². The lowest BCUT2D eigenvalue weighted by Gasteiger charge is -2.20. The van der Waals surface area contributed by atoms with Crippen LogP contribution in [0, 0.1) is 6.92 Å². The number of rotatable bonds is 5. The smallest absolute Gasteiger partial charge is 0.264 e. The zero-order chi connectivity index (χ0) is 20.5. The Bertz CT molecular complexity index is 1080. The molecule has 28 heavy (non-hydrogen) atoms. The summed E-state index contributed by atoms with van der Waals surface area (Å²) >= 11 is 0. The number of fused-ring (bicyclic) bond motifs is 1. The molecule has 0 bridgehead atoms. The molecule has 1 aromatic carbocycles. The molecular weight excluding hydrogens is 358 g/mol. The molecule has 0 unspecified atom stereocenters. The van der Waals surface area contributed by atoms with Gasteiger partial charge in [0.1, 0.15) is 17.0 Å². The normalized spacial score (nSPS) is 11.6. The van der Waals surface area contributed by atoms with Gasteiger partial charge in [-0.25, -0.2) is 9.67 Å². The summed E-state index contributed by atoms with van der Waals surface area (Å²) in [6.45, 7) is 8.02. The number of hydrogen-bond donors (Lipinski definition) is 1. The Hall–Kier alpha value is -3.16. The standard InChI is InChI=1S/C20H25N5O3/c1-13-22-18-16(12-21-25(18)20(2,3)4)19(27)24(13)10-9-17(26)23-14-7-6-8-15(11-14)28-5/h6-8,11-12H,9-10H2,1-5H3,(H,23,26). The second-order valence-corrected chi connectivity index (χ2v) is 7.61. The fourth-order valence-corrected chi connectivity index (χ4v) is 3.00. The summed E-state index contributed by atoms with van der Waals surface area (Å²) < 4.78 is 8.41. The highest BCUT2D eigenvalue weighted by Gasteiger charge is 2.21. The van der Waals surface area contributed by atoms with Gasteiger partial charge in [0.15, 0.2) is 5.65 Å². The van der Waals surface area contributed by atoms with E-state index < -0.39 is 0 Å². The van der Waals surface area contributed by atoms with E-state index in [1.54, 1.807) is 49.2 Å². The number of anilines is 1. The summed E-state index contributed by atoms with van der Waals surface area (Å²) in [5.41, 5.74) is 0.740. The highest BCUT2D eigenvalue weighted by molar-refractivity contribution is 5.90. The third-order valence-corrected chi connectivity index (χ3v) is 4.43. The maximum Gasteiger partial charge on any atom is 0.264 e. The van der Waals surface area contributed by atoms with Gasteiger partial charge in [0.05, 0.1) is 18.8 Å². The van der Waals surface area contributed by atoms with E-state index in [9.17, 15) is 9.59 Å². The van der Waals surface area contributed by atoms with Crippen molar-refractivity contribution in [1.29, 1.82) is 0 Å². The maximum atomic E-state index is 12.9. The van der Waals surface area contributed by atoms with E-state index in [4.69, 9.17) is 4.74 Å². The van der Waals surface area contributed by atoms with Gasteiger partial charge in [-0.3, -0.25) is 14.2 Å². The number of nitrogens with one attached hydrogen (secondary N) is 1. The number of benzene rings is 1. The first-order valence-corrected chi connectivity index (χ1v) is 9.10. The van der Waals surface area contributed by atoms with E-state index in [1.807, 2.05) is 20.8 Å². The molecule has 2 heterocycles. The van der Waals surface area contributed by atoms with Gasteiger partial charge in [-0.2, -0.15) is 5.10 Å². The van der Waals surface area contributed by atoms with E-state index in [2.05, 4.69) is 15.4 Å². The monoisotopic (exact) mass is 383 g/mol. The van der Waals surface area contributed by atoms with Crippen LogP contribution in [0.25, 0.3) is 11.0 Å². The predicted octanol–water partition coefficient (Wildman–Crippen LogP) is 2.69. The second-order valence-electron chi connectivity index (χ2n) is 7.61. The Balaban J connectivity index is 1.79. The number of aryl methyl sites for hydroxylation is 1. The molecule has 3 rings (SSSR count). The fourth-order valence-electron chi connectivity index (χ4n) is 3.00. The molecule has 0 aliphatic carbocycles. The van der Waals surface area contributed by atoms with Crippen LogP contribution in [-0.4, -0.2) is 32.3 Å². The summed E-state index contributed by atoms with van der Waals surface area (Å²) in [5, 5.41) is 7.60. The van der Waals surface area contributed by atoms with Crippen molar-refractivity contribution in [2.45, 2.75) is 46.2 Å². The van der Waals surface area contributed by atoms with Crippen molar-refractivity contribution in [2.24, 2.45) is 0 Å². The lowest BCUT2D eigenvalue weighted by molar-refractivity contribution is -0.116. The molecule has 0 spiro atoms. The van der Waals surface area contributed by atoms with E-state index in [-0.39, 0.29) is 30.0 Å². The zero-order valence-electron chi connectivity index (χ0n) is 16.8. The first kappa shape index (κ1) is 19.6.